The minimum Gasteiger partial charge on any atom is -0.314 e. The highest BCUT2D eigenvalue weighted by Gasteiger charge is 2.21. The van der Waals surface area contributed by atoms with E-state index < -0.39 is 0 Å². The first kappa shape index (κ1) is 19.5. The zero-order valence-corrected chi connectivity index (χ0v) is 16.6. The first-order chi connectivity index (χ1) is 12.8. The summed E-state index contributed by atoms with van der Waals surface area (Å²) < 4.78 is 3.51. The Kier molecular flexibility index (Phi) is 5.95. The van der Waals surface area contributed by atoms with Gasteiger partial charge in [-0.3, -0.25) is 14.2 Å². The van der Waals surface area contributed by atoms with Crippen LogP contribution in [0.4, 0.5) is 0 Å². The number of aromatic nitrogens is 3. The first-order valence-corrected chi connectivity index (χ1v) is 9.78. The van der Waals surface area contributed by atoms with E-state index in [-0.39, 0.29) is 16.5 Å². The van der Waals surface area contributed by atoms with Gasteiger partial charge < -0.3 is 9.47 Å². The van der Waals surface area contributed by atoms with Crippen molar-refractivity contribution in [1.29, 1.82) is 0 Å². The van der Waals surface area contributed by atoms with Crippen LogP contribution in [0, 0.1) is 5.92 Å². The van der Waals surface area contributed by atoms with E-state index in [4.69, 9.17) is 0 Å². The molecule has 0 unspecified atom stereocenters. The topological polar surface area (TPSA) is 60.1 Å². The van der Waals surface area contributed by atoms with E-state index in [0.29, 0.717) is 5.92 Å². The zero-order chi connectivity index (χ0) is 19.4. The maximum absolute atomic E-state index is 12.4. The molecule has 6 nitrogen and oxygen atoms in total. The molecule has 1 fully saturated rings. The molecule has 2 aromatic heterocycles. The molecule has 27 heavy (non-hydrogen) atoms. The Morgan fingerprint density at radius 3 is 2.41 bits per heavy atom. The van der Waals surface area contributed by atoms with Crippen LogP contribution in [0.2, 0.25) is 0 Å². The summed E-state index contributed by atoms with van der Waals surface area (Å²) in [7, 11) is 0. The van der Waals surface area contributed by atoms with Crippen molar-refractivity contribution in [3.05, 3.63) is 63.2 Å². The standard InChI is InChI=1S/C21H30N4O2/c1-21(2,3)18-14-20(27)25(16-22-18)15-17-7-10-23(11-8-17)12-13-24-9-5-4-6-19(24)26/h4-6,9,14,16-17H,7-8,10-13,15H2,1-3H3. The van der Waals surface area contributed by atoms with E-state index in [1.807, 2.05) is 12.3 Å². The van der Waals surface area contributed by atoms with Crippen LogP contribution in [0.5, 0.6) is 0 Å². The molecule has 0 radical (unpaired) electrons. The number of pyridine rings is 1. The Balaban J connectivity index is 1.50. The fourth-order valence-electron chi connectivity index (χ4n) is 3.54. The van der Waals surface area contributed by atoms with Gasteiger partial charge in [0.05, 0.1) is 12.0 Å². The van der Waals surface area contributed by atoms with Crippen LogP contribution in [0.15, 0.2) is 46.4 Å². The summed E-state index contributed by atoms with van der Waals surface area (Å²) in [6.07, 6.45) is 5.68. The highest BCUT2D eigenvalue weighted by molar-refractivity contribution is 5.10. The van der Waals surface area contributed by atoms with E-state index in [9.17, 15) is 9.59 Å². The molecule has 3 heterocycles. The van der Waals surface area contributed by atoms with Gasteiger partial charge in [-0.2, -0.15) is 0 Å². The normalized spacial score (nSPS) is 16.6. The molecular formula is C21H30N4O2. The van der Waals surface area contributed by atoms with E-state index in [1.54, 1.807) is 33.7 Å². The molecule has 0 spiro atoms. The monoisotopic (exact) mass is 370 g/mol. The molecule has 1 aliphatic rings. The zero-order valence-electron chi connectivity index (χ0n) is 16.6. The second-order valence-electron chi connectivity index (χ2n) is 8.53. The molecule has 0 N–H and O–H groups in total. The number of nitrogens with zero attached hydrogens (tertiary/aromatic N) is 4. The molecule has 2 aromatic rings. The lowest BCUT2D eigenvalue weighted by molar-refractivity contribution is 0.167. The predicted octanol–water partition coefficient (Wildman–Crippen LogP) is 2.11. The maximum atomic E-state index is 12.4. The van der Waals surface area contributed by atoms with E-state index >= 15 is 0 Å². The lowest BCUT2D eigenvalue weighted by Gasteiger charge is -2.32. The van der Waals surface area contributed by atoms with Gasteiger partial charge in [0.25, 0.3) is 11.1 Å². The minimum atomic E-state index is -0.107. The van der Waals surface area contributed by atoms with Crippen LogP contribution >= 0.6 is 0 Å². The minimum absolute atomic E-state index is 0.0424. The quantitative estimate of drug-likeness (QED) is 0.809. The maximum Gasteiger partial charge on any atom is 0.253 e. The van der Waals surface area contributed by atoms with Crippen molar-refractivity contribution < 1.29 is 0 Å². The van der Waals surface area contributed by atoms with Crippen molar-refractivity contribution in [3.63, 3.8) is 0 Å². The van der Waals surface area contributed by atoms with Crippen LogP contribution in [-0.4, -0.2) is 38.7 Å². The second-order valence-corrected chi connectivity index (χ2v) is 8.53. The molecule has 6 heteroatoms. The van der Waals surface area contributed by atoms with Gasteiger partial charge in [-0.05, 0) is 37.9 Å². The van der Waals surface area contributed by atoms with Gasteiger partial charge in [0.15, 0.2) is 0 Å². The van der Waals surface area contributed by atoms with Gasteiger partial charge in [-0.25, -0.2) is 4.98 Å². The van der Waals surface area contributed by atoms with Crippen LogP contribution in [0.1, 0.15) is 39.3 Å². The van der Waals surface area contributed by atoms with Crippen LogP contribution < -0.4 is 11.1 Å². The number of likely N-dealkylation sites (tertiary alicyclic amines) is 1. The summed E-state index contributed by atoms with van der Waals surface area (Å²) in [5.41, 5.74) is 0.832. The van der Waals surface area contributed by atoms with Crippen LogP contribution in [-0.2, 0) is 18.5 Å². The van der Waals surface area contributed by atoms with Gasteiger partial charge in [0, 0.05) is 43.4 Å². The van der Waals surface area contributed by atoms with E-state index in [2.05, 4.69) is 30.7 Å². The SMILES string of the molecule is CC(C)(C)c1cc(=O)n(CC2CCN(CCn3ccccc3=O)CC2)cn1. The Bertz CT molecular complexity index is 870. The molecule has 0 bridgehead atoms. The summed E-state index contributed by atoms with van der Waals surface area (Å²) in [6, 6.07) is 6.94. The van der Waals surface area contributed by atoms with Crippen molar-refractivity contribution in [1.82, 2.24) is 19.0 Å². The highest BCUT2D eigenvalue weighted by atomic mass is 16.1. The number of hydrogen-bond acceptors (Lipinski definition) is 4. The van der Waals surface area contributed by atoms with Gasteiger partial charge in [0.2, 0.25) is 0 Å². The van der Waals surface area contributed by atoms with Gasteiger partial charge >= 0.3 is 0 Å². The van der Waals surface area contributed by atoms with Gasteiger partial charge in [-0.15, -0.1) is 0 Å². The lowest BCUT2D eigenvalue weighted by Crippen LogP contribution is -2.39. The van der Waals surface area contributed by atoms with Gasteiger partial charge in [-0.1, -0.05) is 26.8 Å². The average molecular weight is 370 g/mol. The van der Waals surface area contributed by atoms with Crippen molar-refractivity contribution >= 4 is 0 Å². The fourth-order valence-corrected chi connectivity index (χ4v) is 3.54. The molecule has 1 saturated heterocycles. The molecule has 0 amide bonds. The van der Waals surface area contributed by atoms with Crippen LogP contribution in [0.3, 0.4) is 0 Å². The Morgan fingerprint density at radius 2 is 1.78 bits per heavy atom. The van der Waals surface area contributed by atoms with Crippen molar-refractivity contribution in [2.45, 2.75) is 52.1 Å². The third-order valence-electron chi connectivity index (χ3n) is 5.37. The number of hydrogen-bond donors (Lipinski definition) is 0. The summed E-state index contributed by atoms with van der Waals surface area (Å²) in [6.45, 7) is 10.6. The van der Waals surface area contributed by atoms with E-state index in [0.717, 1.165) is 51.3 Å². The average Bonchev–Trinajstić information content (AvgIpc) is 2.63. The molecule has 0 aromatic carbocycles. The first-order valence-electron chi connectivity index (χ1n) is 9.78. The second kappa shape index (κ2) is 8.21. The molecule has 0 atom stereocenters. The molecular weight excluding hydrogens is 340 g/mol. The van der Waals surface area contributed by atoms with Crippen molar-refractivity contribution in [2.24, 2.45) is 5.92 Å². The van der Waals surface area contributed by atoms with Crippen molar-refractivity contribution in [2.75, 3.05) is 19.6 Å². The number of piperidine rings is 1. The van der Waals surface area contributed by atoms with E-state index in [1.165, 1.54) is 0 Å². The Hall–Kier alpha value is -2.21. The summed E-state index contributed by atoms with van der Waals surface area (Å²) in [4.78, 5) is 31.1. The molecule has 1 aliphatic heterocycles. The molecule has 146 valence electrons. The molecule has 0 aliphatic carbocycles. The third kappa shape index (κ3) is 5.16. The summed E-state index contributed by atoms with van der Waals surface area (Å²) >= 11 is 0. The largest absolute Gasteiger partial charge is 0.314 e. The summed E-state index contributed by atoms with van der Waals surface area (Å²) in [5, 5.41) is 0. The Labute approximate surface area is 160 Å². The molecule has 3 rings (SSSR count). The Morgan fingerprint density at radius 1 is 1.04 bits per heavy atom. The summed E-state index contributed by atoms with van der Waals surface area (Å²) in [5.74, 6) is 0.501. The lowest BCUT2D eigenvalue weighted by atomic mass is 9.92. The smallest absolute Gasteiger partial charge is 0.253 e. The number of rotatable bonds is 5. The molecule has 0 saturated carbocycles. The third-order valence-corrected chi connectivity index (χ3v) is 5.37. The highest BCUT2D eigenvalue weighted by Crippen LogP contribution is 2.20. The van der Waals surface area contributed by atoms with Gasteiger partial charge in [0.1, 0.15) is 0 Å². The predicted molar refractivity (Wildman–Crippen MR) is 107 cm³/mol. The van der Waals surface area contributed by atoms with Crippen LogP contribution in [0.25, 0.3) is 0 Å². The fraction of sp³-hybridized carbons (Fsp3) is 0.571. The van der Waals surface area contributed by atoms with Crippen molar-refractivity contribution in [3.8, 4) is 0 Å².